The van der Waals surface area contributed by atoms with Gasteiger partial charge in [-0.3, -0.25) is 9.59 Å². The molecule has 2 rings (SSSR count). The lowest BCUT2D eigenvalue weighted by atomic mass is 10.1. The molecule has 10 nitrogen and oxygen atoms in total. The summed E-state index contributed by atoms with van der Waals surface area (Å²) in [5.74, 6) is -3.50. The Morgan fingerprint density at radius 3 is 1.32 bits per heavy atom. The molecule has 0 saturated heterocycles. The van der Waals surface area contributed by atoms with Crippen LogP contribution in [0.15, 0.2) is 22.3 Å². The van der Waals surface area contributed by atoms with Crippen LogP contribution < -0.4 is 10.6 Å². The van der Waals surface area contributed by atoms with Crippen LogP contribution in [0.1, 0.15) is 39.5 Å². The maximum Gasteiger partial charge on any atom is 0.342 e. The Morgan fingerprint density at radius 1 is 0.679 bits per heavy atom. The molecule has 0 bridgehead atoms. The normalized spacial score (nSPS) is 16.5. The van der Waals surface area contributed by atoms with Crippen LogP contribution in [0.4, 0.5) is 0 Å². The van der Waals surface area contributed by atoms with Crippen molar-refractivity contribution in [1.29, 1.82) is 0 Å². The van der Waals surface area contributed by atoms with E-state index < -0.39 is 23.9 Å². The lowest BCUT2D eigenvalue weighted by Gasteiger charge is -2.07. The molecule has 2 amide bonds. The van der Waals surface area contributed by atoms with Gasteiger partial charge in [-0.15, -0.1) is 0 Å². The maximum atomic E-state index is 11.8. The van der Waals surface area contributed by atoms with Crippen LogP contribution in [-0.4, -0.2) is 48.8 Å². The number of hydrogen-bond donors (Lipinski definition) is 2. The first-order valence-corrected chi connectivity index (χ1v) is 8.66. The third kappa shape index (κ3) is 5.12. The standard InChI is InChI=1S/C18H20N2O8/c1-9-11(17(25)27-15(9)23)3-5-13(21)19-7-8-20-14(22)6-4-12-10(2)16(24)28-18(12)26/h3-8H2,1-2H3,(H,19,21)(H,20,22). The zero-order valence-corrected chi connectivity index (χ0v) is 15.5. The van der Waals surface area contributed by atoms with Gasteiger partial charge in [0, 0.05) is 48.2 Å². The summed E-state index contributed by atoms with van der Waals surface area (Å²) in [4.78, 5) is 68.8. The van der Waals surface area contributed by atoms with E-state index in [9.17, 15) is 28.8 Å². The molecular formula is C18H20N2O8. The predicted molar refractivity (Wildman–Crippen MR) is 92.1 cm³/mol. The molecule has 0 spiro atoms. The van der Waals surface area contributed by atoms with Gasteiger partial charge in [-0.05, 0) is 26.7 Å². The molecule has 2 aliphatic heterocycles. The van der Waals surface area contributed by atoms with E-state index in [0.29, 0.717) is 0 Å². The number of nitrogens with one attached hydrogen (secondary N) is 2. The molecule has 0 saturated carbocycles. The molecule has 2 heterocycles. The summed E-state index contributed by atoms with van der Waals surface area (Å²) in [6.45, 7) is 3.28. The molecule has 0 radical (unpaired) electrons. The first kappa shape index (κ1) is 21.0. The number of ether oxygens (including phenoxy) is 2. The number of hydrogen-bond acceptors (Lipinski definition) is 8. The highest BCUT2D eigenvalue weighted by Gasteiger charge is 2.30. The van der Waals surface area contributed by atoms with E-state index in [1.165, 1.54) is 13.8 Å². The first-order chi connectivity index (χ1) is 13.2. The molecule has 0 unspecified atom stereocenters. The molecule has 150 valence electrons. The van der Waals surface area contributed by atoms with Crippen LogP contribution in [0.5, 0.6) is 0 Å². The topological polar surface area (TPSA) is 145 Å². The summed E-state index contributed by atoms with van der Waals surface area (Å²) in [6.07, 6.45) is 0.203. The number of rotatable bonds is 9. The molecule has 0 aromatic rings. The molecular weight excluding hydrogens is 372 g/mol. The minimum Gasteiger partial charge on any atom is -0.386 e. The Hall–Kier alpha value is -3.30. The average Bonchev–Trinajstić information content (AvgIpc) is 3.02. The summed E-state index contributed by atoms with van der Waals surface area (Å²) in [5, 5.41) is 5.16. The Balaban J connectivity index is 1.62. The van der Waals surface area contributed by atoms with Crippen molar-refractivity contribution in [3.8, 4) is 0 Å². The van der Waals surface area contributed by atoms with Crippen molar-refractivity contribution < 1.29 is 38.2 Å². The highest BCUT2D eigenvalue weighted by molar-refractivity contribution is 6.12. The van der Waals surface area contributed by atoms with Gasteiger partial charge in [-0.2, -0.15) is 0 Å². The van der Waals surface area contributed by atoms with Crippen molar-refractivity contribution in [2.45, 2.75) is 39.5 Å². The van der Waals surface area contributed by atoms with E-state index in [2.05, 4.69) is 20.1 Å². The Morgan fingerprint density at radius 2 is 1.04 bits per heavy atom. The zero-order valence-electron chi connectivity index (χ0n) is 15.5. The summed E-state index contributed by atoms with van der Waals surface area (Å²) in [5.41, 5.74) is 0.815. The van der Waals surface area contributed by atoms with Crippen LogP contribution in [0.2, 0.25) is 0 Å². The van der Waals surface area contributed by atoms with E-state index in [4.69, 9.17) is 0 Å². The van der Waals surface area contributed by atoms with Crippen LogP contribution in [0.25, 0.3) is 0 Å². The number of esters is 4. The summed E-state index contributed by atoms with van der Waals surface area (Å²) in [6, 6.07) is 0. The largest absolute Gasteiger partial charge is 0.386 e. The molecule has 28 heavy (non-hydrogen) atoms. The predicted octanol–water partition coefficient (Wildman–Crippen LogP) is -0.421. The molecule has 0 fully saturated rings. The molecule has 2 aliphatic rings. The summed E-state index contributed by atoms with van der Waals surface area (Å²) < 4.78 is 8.88. The van der Waals surface area contributed by atoms with Crippen LogP contribution >= 0.6 is 0 Å². The van der Waals surface area contributed by atoms with Gasteiger partial charge < -0.3 is 20.1 Å². The van der Waals surface area contributed by atoms with Gasteiger partial charge in [0.05, 0.1) is 0 Å². The SMILES string of the molecule is CC1=C(CCC(=O)NCCNC(=O)CCC2=C(C)C(=O)OC2=O)C(=O)OC1=O. The third-order valence-electron chi connectivity index (χ3n) is 4.35. The second-order valence-corrected chi connectivity index (χ2v) is 6.26. The van der Waals surface area contributed by atoms with Gasteiger partial charge in [0.2, 0.25) is 11.8 Å². The van der Waals surface area contributed by atoms with Crippen molar-refractivity contribution >= 4 is 35.7 Å². The smallest absolute Gasteiger partial charge is 0.342 e. The van der Waals surface area contributed by atoms with Crippen molar-refractivity contribution in [2.24, 2.45) is 0 Å². The maximum absolute atomic E-state index is 11.8. The lowest BCUT2D eigenvalue weighted by Crippen LogP contribution is -2.34. The lowest BCUT2D eigenvalue weighted by molar-refractivity contribution is -0.152. The van der Waals surface area contributed by atoms with Gasteiger partial charge in [0.15, 0.2) is 0 Å². The fraction of sp³-hybridized carbons (Fsp3) is 0.444. The number of carbonyl (C=O) groups excluding carboxylic acids is 6. The van der Waals surface area contributed by atoms with Gasteiger partial charge in [-0.1, -0.05) is 0 Å². The second kappa shape index (κ2) is 9.07. The number of amides is 2. The molecule has 0 aromatic heterocycles. The van der Waals surface area contributed by atoms with Gasteiger partial charge in [-0.25, -0.2) is 19.2 Å². The van der Waals surface area contributed by atoms with E-state index >= 15 is 0 Å². The Labute approximate surface area is 160 Å². The molecule has 0 aromatic carbocycles. The van der Waals surface area contributed by atoms with Crippen molar-refractivity contribution in [2.75, 3.05) is 13.1 Å². The quantitative estimate of drug-likeness (QED) is 0.306. The van der Waals surface area contributed by atoms with Crippen molar-refractivity contribution in [3.05, 3.63) is 22.3 Å². The van der Waals surface area contributed by atoms with E-state index in [0.717, 1.165) is 0 Å². The third-order valence-corrected chi connectivity index (χ3v) is 4.35. The second-order valence-electron chi connectivity index (χ2n) is 6.26. The molecule has 10 heteroatoms. The van der Waals surface area contributed by atoms with Crippen LogP contribution in [0, 0.1) is 0 Å². The molecule has 0 aliphatic carbocycles. The summed E-state index contributed by atoms with van der Waals surface area (Å²) in [7, 11) is 0. The van der Waals surface area contributed by atoms with E-state index in [1.807, 2.05) is 0 Å². The number of cyclic esters (lactones) is 4. The van der Waals surface area contributed by atoms with Gasteiger partial charge in [0.1, 0.15) is 0 Å². The van der Waals surface area contributed by atoms with E-state index in [-0.39, 0.29) is 72.9 Å². The minimum absolute atomic E-state index is 0.00652. The Bertz CT molecular complexity index is 753. The fourth-order valence-electron chi connectivity index (χ4n) is 2.63. The van der Waals surface area contributed by atoms with Crippen LogP contribution in [-0.2, 0) is 38.2 Å². The van der Waals surface area contributed by atoms with Gasteiger partial charge >= 0.3 is 23.9 Å². The van der Waals surface area contributed by atoms with Crippen molar-refractivity contribution in [3.63, 3.8) is 0 Å². The summed E-state index contributed by atoms with van der Waals surface area (Å²) >= 11 is 0. The number of carbonyl (C=O) groups is 6. The minimum atomic E-state index is -0.722. The highest BCUT2D eigenvalue weighted by atomic mass is 16.6. The van der Waals surface area contributed by atoms with Crippen LogP contribution in [0.3, 0.4) is 0 Å². The van der Waals surface area contributed by atoms with Gasteiger partial charge in [0.25, 0.3) is 0 Å². The Kier molecular flexibility index (Phi) is 6.80. The monoisotopic (exact) mass is 392 g/mol. The van der Waals surface area contributed by atoms with E-state index in [1.54, 1.807) is 0 Å². The zero-order chi connectivity index (χ0) is 20.8. The average molecular weight is 392 g/mol. The molecule has 0 atom stereocenters. The van der Waals surface area contributed by atoms with Crippen molar-refractivity contribution in [1.82, 2.24) is 10.6 Å². The molecule has 2 N–H and O–H groups in total. The first-order valence-electron chi connectivity index (χ1n) is 8.66. The fourth-order valence-corrected chi connectivity index (χ4v) is 2.63. The highest BCUT2D eigenvalue weighted by Crippen LogP contribution is 2.21.